The Bertz CT molecular complexity index is 435. The molecule has 0 saturated heterocycles. The first kappa shape index (κ1) is 15.4. The van der Waals surface area contributed by atoms with E-state index in [2.05, 4.69) is 5.32 Å². The SMILES string of the molecule is CCOC(=O)C(NCC(C)C)c1cc(F)ccc1O. The number of phenols is 1. The number of halogens is 1. The number of ether oxygens (including phenoxy) is 1. The van der Waals surface area contributed by atoms with Crippen LogP contribution in [0.15, 0.2) is 18.2 Å². The highest BCUT2D eigenvalue weighted by Gasteiger charge is 2.25. The Labute approximate surface area is 112 Å². The van der Waals surface area contributed by atoms with E-state index in [1.54, 1.807) is 6.92 Å². The number of hydrogen-bond acceptors (Lipinski definition) is 4. The second kappa shape index (κ2) is 7.09. The number of carbonyl (C=O) groups is 1. The van der Waals surface area contributed by atoms with Crippen LogP contribution in [0.4, 0.5) is 4.39 Å². The molecule has 1 aromatic rings. The van der Waals surface area contributed by atoms with E-state index in [9.17, 15) is 14.3 Å². The summed E-state index contributed by atoms with van der Waals surface area (Å²) in [7, 11) is 0. The van der Waals surface area contributed by atoms with Crippen molar-refractivity contribution < 1.29 is 19.0 Å². The van der Waals surface area contributed by atoms with Crippen molar-refractivity contribution in [3.63, 3.8) is 0 Å². The van der Waals surface area contributed by atoms with Crippen LogP contribution in [0.2, 0.25) is 0 Å². The molecule has 0 saturated carbocycles. The average molecular weight is 269 g/mol. The van der Waals surface area contributed by atoms with Gasteiger partial charge in [-0.05, 0) is 37.6 Å². The fourth-order valence-electron chi connectivity index (χ4n) is 1.66. The summed E-state index contributed by atoms with van der Waals surface area (Å²) in [6.45, 7) is 6.46. The summed E-state index contributed by atoms with van der Waals surface area (Å²) in [5.74, 6) is -0.846. The molecule has 19 heavy (non-hydrogen) atoms. The van der Waals surface area contributed by atoms with Crippen LogP contribution in [0, 0.1) is 11.7 Å². The van der Waals surface area contributed by atoms with E-state index in [4.69, 9.17) is 4.74 Å². The van der Waals surface area contributed by atoms with Gasteiger partial charge in [-0.1, -0.05) is 13.8 Å². The predicted octanol–water partition coefficient (Wildman–Crippen LogP) is 2.38. The molecule has 0 aliphatic carbocycles. The monoisotopic (exact) mass is 269 g/mol. The normalized spacial score (nSPS) is 12.5. The third-order valence-corrected chi connectivity index (χ3v) is 2.55. The molecule has 0 fully saturated rings. The van der Waals surface area contributed by atoms with Crippen molar-refractivity contribution in [2.24, 2.45) is 5.92 Å². The van der Waals surface area contributed by atoms with Crippen LogP contribution in [0.1, 0.15) is 32.4 Å². The lowest BCUT2D eigenvalue weighted by atomic mass is 10.0. The number of aromatic hydroxyl groups is 1. The molecule has 0 aliphatic heterocycles. The Morgan fingerprint density at radius 2 is 2.16 bits per heavy atom. The summed E-state index contributed by atoms with van der Waals surface area (Å²) in [4.78, 5) is 11.9. The highest BCUT2D eigenvalue weighted by Crippen LogP contribution is 2.26. The Morgan fingerprint density at radius 1 is 1.47 bits per heavy atom. The Balaban J connectivity index is 3.00. The lowest BCUT2D eigenvalue weighted by Crippen LogP contribution is -2.32. The molecule has 0 radical (unpaired) electrons. The van der Waals surface area contributed by atoms with Crippen LogP contribution >= 0.6 is 0 Å². The van der Waals surface area contributed by atoms with Gasteiger partial charge in [0.05, 0.1) is 6.61 Å². The van der Waals surface area contributed by atoms with E-state index in [0.29, 0.717) is 12.5 Å². The molecular formula is C14H20FNO3. The van der Waals surface area contributed by atoms with Gasteiger partial charge in [0, 0.05) is 5.56 Å². The molecule has 1 aromatic carbocycles. The van der Waals surface area contributed by atoms with Crippen molar-refractivity contribution in [3.8, 4) is 5.75 Å². The maximum Gasteiger partial charge on any atom is 0.327 e. The minimum atomic E-state index is -0.863. The highest BCUT2D eigenvalue weighted by atomic mass is 19.1. The van der Waals surface area contributed by atoms with Gasteiger partial charge in [0.25, 0.3) is 0 Å². The van der Waals surface area contributed by atoms with E-state index in [1.165, 1.54) is 6.07 Å². The molecule has 0 heterocycles. The van der Waals surface area contributed by atoms with E-state index < -0.39 is 17.8 Å². The molecule has 1 atom stereocenters. The van der Waals surface area contributed by atoms with Crippen LogP contribution in [0.3, 0.4) is 0 Å². The van der Waals surface area contributed by atoms with Crippen molar-refractivity contribution in [3.05, 3.63) is 29.6 Å². The molecule has 2 N–H and O–H groups in total. The average Bonchev–Trinajstić information content (AvgIpc) is 2.33. The summed E-state index contributed by atoms with van der Waals surface area (Å²) in [5.41, 5.74) is 0.194. The van der Waals surface area contributed by atoms with E-state index in [0.717, 1.165) is 12.1 Å². The first-order chi connectivity index (χ1) is 8.95. The lowest BCUT2D eigenvalue weighted by Gasteiger charge is -2.19. The van der Waals surface area contributed by atoms with Crippen LogP contribution in [-0.4, -0.2) is 24.2 Å². The number of phenolic OH excluding ortho intramolecular Hbond substituents is 1. The second-order valence-electron chi connectivity index (χ2n) is 4.69. The van der Waals surface area contributed by atoms with Crippen molar-refractivity contribution in [2.75, 3.05) is 13.2 Å². The van der Waals surface area contributed by atoms with E-state index in [-0.39, 0.29) is 17.9 Å². The number of benzene rings is 1. The van der Waals surface area contributed by atoms with Gasteiger partial charge in [-0.25, -0.2) is 9.18 Å². The van der Waals surface area contributed by atoms with Crippen molar-refractivity contribution in [2.45, 2.75) is 26.8 Å². The number of hydrogen-bond donors (Lipinski definition) is 2. The Hall–Kier alpha value is -1.62. The fraction of sp³-hybridized carbons (Fsp3) is 0.500. The molecular weight excluding hydrogens is 249 g/mol. The zero-order valence-corrected chi connectivity index (χ0v) is 11.4. The van der Waals surface area contributed by atoms with Crippen LogP contribution in [0.5, 0.6) is 5.75 Å². The van der Waals surface area contributed by atoms with Crippen molar-refractivity contribution in [1.29, 1.82) is 0 Å². The summed E-state index contributed by atoms with van der Waals surface area (Å²) in [6.07, 6.45) is 0. The Morgan fingerprint density at radius 3 is 2.74 bits per heavy atom. The van der Waals surface area contributed by atoms with Gasteiger partial charge in [-0.15, -0.1) is 0 Å². The predicted molar refractivity (Wildman–Crippen MR) is 70.3 cm³/mol. The van der Waals surface area contributed by atoms with Gasteiger partial charge in [0.1, 0.15) is 17.6 Å². The Kier molecular flexibility index (Phi) is 5.76. The summed E-state index contributed by atoms with van der Waals surface area (Å²) in [5, 5.41) is 12.8. The third kappa shape index (κ3) is 4.52. The van der Waals surface area contributed by atoms with Gasteiger partial charge in [0.2, 0.25) is 0 Å². The van der Waals surface area contributed by atoms with Gasteiger partial charge in [0.15, 0.2) is 0 Å². The molecule has 1 rings (SSSR count). The first-order valence-corrected chi connectivity index (χ1v) is 6.34. The van der Waals surface area contributed by atoms with Gasteiger partial charge < -0.3 is 15.2 Å². The van der Waals surface area contributed by atoms with Gasteiger partial charge in [-0.2, -0.15) is 0 Å². The number of rotatable bonds is 6. The molecule has 0 spiro atoms. The molecule has 0 aliphatic rings. The molecule has 4 nitrogen and oxygen atoms in total. The van der Waals surface area contributed by atoms with Crippen LogP contribution in [-0.2, 0) is 9.53 Å². The summed E-state index contributed by atoms with van der Waals surface area (Å²) >= 11 is 0. The molecule has 0 amide bonds. The van der Waals surface area contributed by atoms with Crippen LogP contribution < -0.4 is 5.32 Å². The topological polar surface area (TPSA) is 58.6 Å². The highest BCUT2D eigenvalue weighted by molar-refractivity contribution is 5.78. The minimum Gasteiger partial charge on any atom is -0.508 e. The molecule has 0 bridgehead atoms. The number of esters is 1. The maximum absolute atomic E-state index is 13.3. The first-order valence-electron chi connectivity index (χ1n) is 6.34. The standard InChI is InChI=1S/C14H20FNO3/c1-4-19-14(18)13(16-8-9(2)3)11-7-10(15)5-6-12(11)17/h5-7,9,13,16-17H,4,8H2,1-3H3. The van der Waals surface area contributed by atoms with Crippen LogP contribution in [0.25, 0.3) is 0 Å². The van der Waals surface area contributed by atoms with Gasteiger partial charge >= 0.3 is 5.97 Å². The summed E-state index contributed by atoms with van der Waals surface area (Å²) in [6, 6.07) is 2.65. The smallest absolute Gasteiger partial charge is 0.327 e. The quantitative estimate of drug-likeness (QED) is 0.778. The van der Waals surface area contributed by atoms with Crippen molar-refractivity contribution in [1.82, 2.24) is 5.32 Å². The van der Waals surface area contributed by atoms with Crippen molar-refractivity contribution >= 4 is 5.97 Å². The molecule has 106 valence electrons. The second-order valence-corrected chi connectivity index (χ2v) is 4.69. The summed E-state index contributed by atoms with van der Waals surface area (Å²) < 4.78 is 18.2. The lowest BCUT2D eigenvalue weighted by molar-refractivity contribution is -0.146. The van der Waals surface area contributed by atoms with E-state index in [1.807, 2.05) is 13.8 Å². The zero-order chi connectivity index (χ0) is 14.4. The largest absolute Gasteiger partial charge is 0.508 e. The fourth-order valence-corrected chi connectivity index (χ4v) is 1.66. The number of nitrogens with one attached hydrogen (secondary N) is 1. The zero-order valence-electron chi connectivity index (χ0n) is 11.4. The maximum atomic E-state index is 13.3. The number of carbonyl (C=O) groups excluding carboxylic acids is 1. The molecule has 0 aromatic heterocycles. The van der Waals surface area contributed by atoms with Gasteiger partial charge in [-0.3, -0.25) is 0 Å². The third-order valence-electron chi connectivity index (χ3n) is 2.55. The molecule has 1 unspecified atom stereocenters. The molecule has 5 heteroatoms. The minimum absolute atomic E-state index is 0.129. The van der Waals surface area contributed by atoms with E-state index >= 15 is 0 Å².